The van der Waals surface area contributed by atoms with Crippen LogP contribution in [0.5, 0.6) is 0 Å². The third-order valence-corrected chi connectivity index (χ3v) is 10.4. The number of esters is 2. The molecule has 0 radical (unpaired) electrons. The van der Waals surface area contributed by atoms with E-state index in [1.165, 1.54) is 64.2 Å². The van der Waals surface area contributed by atoms with Gasteiger partial charge in [0.25, 0.3) is 0 Å². The van der Waals surface area contributed by atoms with Gasteiger partial charge in [0.15, 0.2) is 6.10 Å². The van der Waals surface area contributed by atoms with Crippen LogP contribution < -0.4 is 5.11 Å². The van der Waals surface area contributed by atoms with Crippen LogP contribution in [0.3, 0.4) is 0 Å². The minimum atomic E-state index is -1.13. The van der Waals surface area contributed by atoms with E-state index in [2.05, 4.69) is 68.5 Å². The number of rotatable bonds is 42. The fourth-order valence-electron chi connectivity index (χ4n) is 6.62. The van der Waals surface area contributed by atoms with Crippen molar-refractivity contribution in [3.05, 3.63) is 85.1 Å². The zero-order valence-electron chi connectivity index (χ0n) is 39.5. The normalized spacial score (nSPS) is 13.7. The Labute approximate surface area is 373 Å². The van der Waals surface area contributed by atoms with E-state index < -0.39 is 18.1 Å². The fraction of sp³-hybridized carbons (Fsp3) is 0.679. The zero-order valence-corrected chi connectivity index (χ0v) is 39.5. The van der Waals surface area contributed by atoms with Gasteiger partial charge in [-0.05, 0) is 70.6 Å². The number of carbonyl (C=O) groups is 3. The molecule has 0 spiro atoms. The number of unbranched alkanes of at least 4 members (excludes halogenated alkanes) is 17. The van der Waals surface area contributed by atoms with Crippen LogP contribution >= 0.6 is 0 Å². The molecule has 348 valence electrons. The van der Waals surface area contributed by atoms with Gasteiger partial charge < -0.3 is 28.6 Å². The molecule has 0 aliphatic carbocycles. The Morgan fingerprint density at radius 3 is 1.51 bits per heavy atom. The number of aliphatic carboxylic acids is 1. The highest BCUT2D eigenvalue weighted by atomic mass is 16.6. The van der Waals surface area contributed by atoms with Crippen molar-refractivity contribution in [2.45, 2.75) is 193 Å². The third-order valence-electron chi connectivity index (χ3n) is 10.4. The molecule has 0 N–H and O–H groups in total. The first kappa shape index (κ1) is 57.5. The number of nitrogens with zero attached hydrogens (tertiary/aromatic N) is 1. The predicted octanol–water partition coefficient (Wildman–Crippen LogP) is 12.4. The highest BCUT2D eigenvalue weighted by Crippen LogP contribution is 2.14. The van der Waals surface area contributed by atoms with E-state index in [4.69, 9.17) is 14.2 Å². The molecule has 0 rings (SSSR count). The molecule has 0 saturated heterocycles. The average Bonchev–Trinajstić information content (AvgIpc) is 3.22. The van der Waals surface area contributed by atoms with Crippen molar-refractivity contribution in [1.82, 2.24) is 0 Å². The Bertz CT molecular complexity index is 1270. The number of carbonyl (C=O) groups excluding carboxylic acids is 3. The number of carboxylic acid groups (broad SMARTS) is 1. The zero-order chi connectivity index (χ0) is 44.9. The number of carboxylic acids is 1. The van der Waals surface area contributed by atoms with Crippen molar-refractivity contribution >= 4 is 17.9 Å². The maximum atomic E-state index is 12.7. The summed E-state index contributed by atoms with van der Waals surface area (Å²) < 4.78 is 17.2. The lowest BCUT2D eigenvalue weighted by Crippen LogP contribution is -2.55. The van der Waals surface area contributed by atoms with Crippen LogP contribution in [0.25, 0.3) is 0 Å². The standard InChI is InChI=1S/C53H89NO7/c1-6-8-10-12-14-16-18-20-22-23-24-25-26-27-28-30-31-33-35-37-39-41-43-51(55)60-48-49(47-59-46-45-50(53(57)58)54(3,4)5)61-52(56)44-42-40-38-36-34-32-29-21-19-17-15-13-11-9-7-2/h9,11,13-17,19-22,24-25,29,49-50H,6-8,10,12,18,23,26-28,30-48H2,1-5H3/b11-9+,15-13+,16-14+,19-17+,22-20+,25-24+,29-21+. The van der Waals surface area contributed by atoms with Crippen LogP contribution in [0.1, 0.15) is 181 Å². The first-order valence-corrected chi connectivity index (χ1v) is 24.2. The number of ether oxygens (including phenoxy) is 3. The van der Waals surface area contributed by atoms with E-state index in [-0.39, 0.29) is 49.1 Å². The molecule has 0 fully saturated rings. The van der Waals surface area contributed by atoms with Gasteiger partial charge in [0.1, 0.15) is 12.6 Å². The van der Waals surface area contributed by atoms with Crippen molar-refractivity contribution in [2.75, 3.05) is 41.0 Å². The Balaban J connectivity index is 4.31. The smallest absolute Gasteiger partial charge is 0.306 e. The first-order valence-electron chi connectivity index (χ1n) is 24.2. The molecule has 0 aliphatic rings. The summed E-state index contributed by atoms with van der Waals surface area (Å²) in [6.07, 6.45) is 56.1. The molecule has 0 heterocycles. The molecule has 0 bridgehead atoms. The molecule has 8 nitrogen and oxygen atoms in total. The maximum absolute atomic E-state index is 12.7. The topological polar surface area (TPSA) is 102 Å². The Hall–Kier alpha value is -3.49. The number of likely N-dealkylation sites (N-methyl/N-ethyl adjacent to an activating group) is 1. The first-order chi connectivity index (χ1) is 29.6. The third kappa shape index (κ3) is 41.6. The van der Waals surface area contributed by atoms with E-state index in [0.29, 0.717) is 6.42 Å². The summed E-state index contributed by atoms with van der Waals surface area (Å²) in [5, 5.41) is 11.6. The molecule has 0 aromatic carbocycles. The van der Waals surface area contributed by atoms with Gasteiger partial charge in [-0.2, -0.15) is 0 Å². The summed E-state index contributed by atoms with van der Waals surface area (Å²) in [5.41, 5.74) is 0. The Kier molecular flexibility index (Phi) is 40.7. The second kappa shape index (κ2) is 43.2. The molecule has 61 heavy (non-hydrogen) atoms. The van der Waals surface area contributed by atoms with E-state index >= 15 is 0 Å². The minimum absolute atomic E-state index is 0.0245. The lowest BCUT2D eigenvalue weighted by molar-refractivity contribution is -0.889. The molecule has 0 aliphatic heterocycles. The fourth-order valence-corrected chi connectivity index (χ4v) is 6.62. The molecule has 0 aromatic heterocycles. The summed E-state index contributed by atoms with van der Waals surface area (Å²) >= 11 is 0. The number of hydrogen-bond donors (Lipinski definition) is 0. The van der Waals surface area contributed by atoms with Gasteiger partial charge in [-0.1, -0.05) is 176 Å². The van der Waals surface area contributed by atoms with Crippen molar-refractivity contribution in [2.24, 2.45) is 0 Å². The van der Waals surface area contributed by atoms with Crippen molar-refractivity contribution in [3.63, 3.8) is 0 Å². The molecule has 0 saturated carbocycles. The minimum Gasteiger partial charge on any atom is -0.544 e. The summed E-state index contributed by atoms with van der Waals surface area (Å²) in [7, 11) is 5.39. The summed E-state index contributed by atoms with van der Waals surface area (Å²) in [5.74, 6) is -1.78. The van der Waals surface area contributed by atoms with E-state index in [1.54, 1.807) is 21.1 Å². The van der Waals surface area contributed by atoms with E-state index in [9.17, 15) is 19.5 Å². The van der Waals surface area contributed by atoms with Gasteiger partial charge in [-0.3, -0.25) is 9.59 Å². The van der Waals surface area contributed by atoms with Crippen LogP contribution in [-0.2, 0) is 28.6 Å². The largest absolute Gasteiger partial charge is 0.544 e. The Morgan fingerprint density at radius 2 is 0.984 bits per heavy atom. The van der Waals surface area contributed by atoms with E-state index in [1.807, 2.05) is 30.4 Å². The summed E-state index contributed by atoms with van der Waals surface area (Å²) in [6.45, 7) is 4.46. The van der Waals surface area contributed by atoms with Crippen LogP contribution in [-0.4, -0.2) is 75.5 Å². The molecule has 2 atom stereocenters. The van der Waals surface area contributed by atoms with E-state index in [0.717, 1.165) is 83.5 Å². The van der Waals surface area contributed by atoms with Crippen molar-refractivity contribution < 1.29 is 38.2 Å². The number of allylic oxidation sites excluding steroid dienone is 14. The molecule has 2 unspecified atom stereocenters. The highest BCUT2D eigenvalue weighted by molar-refractivity contribution is 5.70. The van der Waals surface area contributed by atoms with Crippen LogP contribution in [0.4, 0.5) is 0 Å². The molecule has 0 amide bonds. The monoisotopic (exact) mass is 852 g/mol. The Morgan fingerprint density at radius 1 is 0.525 bits per heavy atom. The molecule has 0 aromatic rings. The van der Waals surface area contributed by atoms with Crippen LogP contribution in [0, 0.1) is 0 Å². The summed E-state index contributed by atoms with van der Waals surface area (Å²) in [6, 6.07) is -0.736. The molecular formula is C53H89NO7. The summed E-state index contributed by atoms with van der Waals surface area (Å²) in [4.78, 5) is 37.0. The van der Waals surface area contributed by atoms with Crippen molar-refractivity contribution in [1.29, 1.82) is 0 Å². The lowest BCUT2D eigenvalue weighted by Gasteiger charge is -2.34. The maximum Gasteiger partial charge on any atom is 0.306 e. The van der Waals surface area contributed by atoms with Gasteiger partial charge in [-0.15, -0.1) is 0 Å². The van der Waals surface area contributed by atoms with Crippen molar-refractivity contribution in [3.8, 4) is 0 Å². The predicted molar refractivity (Wildman–Crippen MR) is 254 cm³/mol. The quantitative estimate of drug-likeness (QED) is 0.0198. The number of quaternary nitrogens is 1. The van der Waals surface area contributed by atoms with Gasteiger partial charge >= 0.3 is 11.9 Å². The van der Waals surface area contributed by atoms with Gasteiger partial charge in [0.05, 0.1) is 40.3 Å². The average molecular weight is 852 g/mol. The highest BCUT2D eigenvalue weighted by Gasteiger charge is 2.25. The molecular weight excluding hydrogens is 763 g/mol. The van der Waals surface area contributed by atoms with Gasteiger partial charge in [0.2, 0.25) is 0 Å². The molecule has 8 heteroatoms. The lowest BCUT2D eigenvalue weighted by atomic mass is 10.1. The SMILES string of the molecule is CC/C=C/C=C/C=C/C=C/CCCCCCCC(=O)OC(COCCC(C(=O)[O-])[N+](C)(C)C)COC(=O)CCCCCCCCCCC/C=C/C/C=C/C/C=C/CCCCC. The van der Waals surface area contributed by atoms with Gasteiger partial charge in [0, 0.05) is 19.3 Å². The van der Waals surface area contributed by atoms with Crippen LogP contribution in [0.2, 0.25) is 0 Å². The van der Waals surface area contributed by atoms with Crippen LogP contribution in [0.15, 0.2) is 85.1 Å². The second-order valence-corrected chi connectivity index (χ2v) is 17.1. The van der Waals surface area contributed by atoms with Gasteiger partial charge in [-0.25, -0.2) is 0 Å². The second-order valence-electron chi connectivity index (χ2n) is 17.1. The number of hydrogen-bond acceptors (Lipinski definition) is 7.